The van der Waals surface area contributed by atoms with Crippen molar-refractivity contribution in [3.8, 4) is 0 Å². The van der Waals surface area contributed by atoms with Gasteiger partial charge in [0.15, 0.2) is 0 Å². The molecule has 3 rings (SSSR count). The van der Waals surface area contributed by atoms with Gasteiger partial charge in [0.2, 0.25) is 0 Å². The van der Waals surface area contributed by atoms with Crippen LogP contribution >= 0.6 is 0 Å². The lowest BCUT2D eigenvalue weighted by Crippen LogP contribution is -2.45. The molecule has 0 radical (unpaired) electrons. The number of carbonyl (C=O) groups is 2. The van der Waals surface area contributed by atoms with Crippen molar-refractivity contribution in [2.24, 2.45) is 5.92 Å². The zero-order chi connectivity index (χ0) is 21.0. The Bertz CT molecular complexity index is 861. The van der Waals surface area contributed by atoms with Crippen LogP contribution in [0.2, 0.25) is 0 Å². The highest BCUT2D eigenvalue weighted by molar-refractivity contribution is 5.94. The van der Waals surface area contributed by atoms with Crippen LogP contribution in [0.15, 0.2) is 43.1 Å². The van der Waals surface area contributed by atoms with Gasteiger partial charge in [0.25, 0.3) is 11.8 Å². The zero-order valence-electron chi connectivity index (χ0n) is 17.5. The molecule has 1 N–H and O–H groups in total. The van der Waals surface area contributed by atoms with E-state index in [-0.39, 0.29) is 23.9 Å². The maximum atomic E-state index is 12.7. The molecule has 154 valence electrons. The first kappa shape index (κ1) is 20.8. The van der Waals surface area contributed by atoms with E-state index in [1.807, 2.05) is 56.1 Å². The van der Waals surface area contributed by atoms with Gasteiger partial charge < -0.3 is 10.2 Å². The van der Waals surface area contributed by atoms with Crippen LogP contribution in [0.4, 0.5) is 0 Å². The average Bonchev–Trinajstić information content (AvgIpc) is 3.24. The largest absolute Gasteiger partial charge is 0.349 e. The zero-order valence-corrected chi connectivity index (χ0v) is 17.5. The maximum absolute atomic E-state index is 12.7. The molecule has 0 unspecified atom stereocenters. The summed E-state index contributed by atoms with van der Waals surface area (Å²) < 4.78 is 1.80. The van der Waals surface area contributed by atoms with E-state index in [0.29, 0.717) is 30.3 Å². The van der Waals surface area contributed by atoms with Crippen LogP contribution < -0.4 is 5.32 Å². The molecule has 1 atom stereocenters. The van der Waals surface area contributed by atoms with Crippen LogP contribution in [0.25, 0.3) is 6.08 Å². The Morgan fingerprint density at radius 1 is 1.14 bits per heavy atom. The molecular weight excluding hydrogens is 364 g/mol. The van der Waals surface area contributed by atoms with Gasteiger partial charge in [-0.1, -0.05) is 24.8 Å². The van der Waals surface area contributed by atoms with Crippen LogP contribution in [0, 0.1) is 5.92 Å². The van der Waals surface area contributed by atoms with E-state index in [1.54, 1.807) is 16.8 Å². The fraction of sp³-hybridized carbons (Fsp3) is 0.435. The minimum Gasteiger partial charge on any atom is -0.349 e. The molecule has 6 heteroatoms. The highest BCUT2D eigenvalue weighted by atomic mass is 16.2. The van der Waals surface area contributed by atoms with Gasteiger partial charge in [-0.2, -0.15) is 5.10 Å². The molecule has 0 saturated carbocycles. The Kier molecular flexibility index (Phi) is 6.52. The van der Waals surface area contributed by atoms with Crippen LogP contribution in [0.5, 0.6) is 0 Å². The minimum absolute atomic E-state index is 0.0122. The maximum Gasteiger partial charge on any atom is 0.274 e. The Morgan fingerprint density at radius 2 is 1.79 bits per heavy atom. The monoisotopic (exact) mass is 394 g/mol. The molecule has 0 aliphatic carbocycles. The third-order valence-electron chi connectivity index (χ3n) is 5.66. The molecule has 2 aromatic rings. The lowest BCUT2D eigenvalue weighted by Gasteiger charge is -2.34. The molecule has 1 aromatic carbocycles. The standard InChI is InChI=1S/C23H30N4O2/c1-5-18-6-8-20(9-7-18)22(28)24-17(4)19-10-13-26(14-11-19)23(29)21-12-15-27(25-21)16(2)3/h5-9,12,15-17,19H,1,10-11,13-14H2,2-4H3,(H,24,28)/t17-/m1/s1. The Hall–Kier alpha value is -2.89. The smallest absolute Gasteiger partial charge is 0.274 e. The minimum atomic E-state index is -0.0640. The van der Waals surface area contributed by atoms with Gasteiger partial charge in [0, 0.05) is 36.9 Å². The van der Waals surface area contributed by atoms with Crippen molar-refractivity contribution in [1.29, 1.82) is 0 Å². The summed E-state index contributed by atoms with van der Waals surface area (Å²) in [5.41, 5.74) is 2.14. The topological polar surface area (TPSA) is 67.2 Å². The van der Waals surface area contributed by atoms with Crippen molar-refractivity contribution in [3.63, 3.8) is 0 Å². The number of hydrogen-bond acceptors (Lipinski definition) is 3. The number of hydrogen-bond donors (Lipinski definition) is 1. The van der Waals surface area contributed by atoms with Gasteiger partial charge in [-0.25, -0.2) is 0 Å². The number of nitrogens with zero attached hydrogens (tertiary/aromatic N) is 3. The normalized spacial score (nSPS) is 15.9. The van der Waals surface area contributed by atoms with E-state index in [9.17, 15) is 9.59 Å². The Balaban J connectivity index is 1.51. The second-order valence-corrected chi connectivity index (χ2v) is 7.99. The van der Waals surface area contributed by atoms with E-state index in [2.05, 4.69) is 17.0 Å². The van der Waals surface area contributed by atoms with E-state index in [4.69, 9.17) is 0 Å². The van der Waals surface area contributed by atoms with E-state index in [1.165, 1.54) is 0 Å². The molecule has 29 heavy (non-hydrogen) atoms. The first-order valence-corrected chi connectivity index (χ1v) is 10.3. The number of piperidine rings is 1. The summed E-state index contributed by atoms with van der Waals surface area (Å²) in [6.45, 7) is 11.2. The van der Waals surface area contributed by atoms with Crippen molar-refractivity contribution in [3.05, 3.63) is 59.9 Å². The van der Waals surface area contributed by atoms with Gasteiger partial charge in [-0.15, -0.1) is 0 Å². The third kappa shape index (κ3) is 4.94. The molecule has 1 saturated heterocycles. The van der Waals surface area contributed by atoms with E-state index < -0.39 is 0 Å². The number of aromatic nitrogens is 2. The fourth-order valence-corrected chi connectivity index (χ4v) is 3.68. The van der Waals surface area contributed by atoms with Crippen LogP contribution in [-0.4, -0.2) is 45.6 Å². The van der Waals surface area contributed by atoms with Gasteiger partial charge in [0.05, 0.1) is 0 Å². The highest BCUT2D eigenvalue weighted by Gasteiger charge is 2.28. The summed E-state index contributed by atoms with van der Waals surface area (Å²) in [6, 6.07) is 9.48. The van der Waals surface area contributed by atoms with Gasteiger partial charge in [-0.3, -0.25) is 14.3 Å². The lowest BCUT2D eigenvalue weighted by molar-refractivity contribution is 0.0657. The SMILES string of the molecule is C=Cc1ccc(C(=O)N[C@H](C)C2CCN(C(=O)c3ccn(C(C)C)n3)CC2)cc1. The molecule has 6 nitrogen and oxygen atoms in total. The van der Waals surface area contributed by atoms with Gasteiger partial charge in [-0.05, 0) is 63.3 Å². The van der Waals surface area contributed by atoms with Crippen molar-refractivity contribution < 1.29 is 9.59 Å². The highest BCUT2D eigenvalue weighted by Crippen LogP contribution is 2.22. The quantitative estimate of drug-likeness (QED) is 0.811. The van der Waals surface area contributed by atoms with E-state index >= 15 is 0 Å². The molecular formula is C23H30N4O2. The number of likely N-dealkylation sites (tertiary alicyclic amines) is 1. The number of nitrogens with one attached hydrogen (secondary N) is 1. The average molecular weight is 395 g/mol. The number of carbonyl (C=O) groups excluding carboxylic acids is 2. The summed E-state index contributed by atoms with van der Waals surface area (Å²) in [5, 5.41) is 7.50. The molecule has 2 amide bonds. The first-order chi connectivity index (χ1) is 13.9. The third-order valence-corrected chi connectivity index (χ3v) is 5.66. The van der Waals surface area contributed by atoms with Crippen molar-refractivity contribution >= 4 is 17.9 Å². The lowest BCUT2D eigenvalue weighted by atomic mass is 9.90. The van der Waals surface area contributed by atoms with E-state index in [0.717, 1.165) is 18.4 Å². The van der Waals surface area contributed by atoms with Crippen LogP contribution in [-0.2, 0) is 0 Å². The summed E-state index contributed by atoms with van der Waals surface area (Å²) in [6.07, 6.45) is 5.34. The van der Waals surface area contributed by atoms with Crippen molar-refractivity contribution in [2.75, 3.05) is 13.1 Å². The molecule has 1 aliphatic heterocycles. The van der Waals surface area contributed by atoms with Gasteiger partial charge in [0.1, 0.15) is 5.69 Å². The Labute approximate surface area is 172 Å². The summed E-state index contributed by atoms with van der Waals surface area (Å²) >= 11 is 0. The number of benzene rings is 1. The van der Waals surface area contributed by atoms with Gasteiger partial charge >= 0.3 is 0 Å². The summed E-state index contributed by atoms with van der Waals surface area (Å²) in [4.78, 5) is 27.1. The molecule has 1 aromatic heterocycles. The molecule has 1 fully saturated rings. The molecule has 0 bridgehead atoms. The van der Waals surface area contributed by atoms with Crippen LogP contribution in [0.3, 0.4) is 0 Å². The van der Waals surface area contributed by atoms with Crippen LogP contribution in [0.1, 0.15) is 66.1 Å². The summed E-state index contributed by atoms with van der Waals surface area (Å²) in [5.74, 6) is 0.274. The molecule has 0 spiro atoms. The first-order valence-electron chi connectivity index (χ1n) is 10.3. The fourth-order valence-electron chi connectivity index (χ4n) is 3.68. The predicted molar refractivity (Wildman–Crippen MR) is 115 cm³/mol. The van der Waals surface area contributed by atoms with Crippen molar-refractivity contribution in [1.82, 2.24) is 20.0 Å². The summed E-state index contributed by atoms with van der Waals surface area (Å²) in [7, 11) is 0. The number of amides is 2. The second-order valence-electron chi connectivity index (χ2n) is 7.99. The van der Waals surface area contributed by atoms with Crippen molar-refractivity contribution in [2.45, 2.75) is 45.7 Å². The second kappa shape index (κ2) is 9.07. The predicted octanol–water partition coefficient (Wildman–Crippen LogP) is 3.78. The molecule has 1 aliphatic rings. The number of rotatable bonds is 6. The molecule has 2 heterocycles. The Morgan fingerprint density at radius 3 is 2.34 bits per heavy atom.